The van der Waals surface area contributed by atoms with Gasteiger partial charge < -0.3 is 15.8 Å². The summed E-state index contributed by atoms with van der Waals surface area (Å²) in [5, 5.41) is 2.99. The van der Waals surface area contributed by atoms with Gasteiger partial charge in [0.05, 0.1) is 18.4 Å². The molecule has 0 saturated heterocycles. The quantitative estimate of drug-likeness (QED) is 0.457. The fraction of sp³-hybridized carbons (Fsp3) is 0.533. The number of methoxy groups -OCH3 is 1. The van der Waals surface area contributed by atoms with Crippen molar-refractivity contribution in [2.45, 2.75) is 33.1 Å². The molecule has 0 atom stereocenters. The summed E-state index contributed by atoms with van der Waals surface area (Å²) in [7, 11) is 1.27. The van der Waals surface area contributed by atoms with Gasteiger partial charge in [-0.25, -0.2) is 9.18 Å². The van der Waals surface area contributed by atoms with Gasteiger partial charge in [-0.2, -0.15) is 0 Å². The molecule has 0 aliphatic carbocycles. The minimum atomic E-state index is -0.564. The molecule has 112 valence electrons. The number of nitrogens with two attached hydrogens (primary N) is 1. The fourth-order valence-electron chi connectivity index (χ4n) is 1.91. The van der Waals surface area contributed by atoms with Gasteiger partial charge in [0.25, 0.3) is 0 Å². The number of hydrogen-bond donors (Lipinski definition) is 2. The molecule has 0 saturated carbocycles. The molecule has 0 unspecified atom stereocenters. The predicted molar refractivity (Wildman–Crippen MR) is 79.3 cm³/mol. The van der Waals surface area contributed by atoms with Gasteiger partial charge in [-0.05, 0) is 24.5 Å². The molecule has 0 radical (unpaired) electrons. The van der Waals surface area contributed by atoms with Gasteiger partial charge in [0.15, 0.2) is 0 Å². The number of nitrogens with one attached hydrogen (secondary N) is 1. The topological polar surface area (TPSA) is 64.3 Å². The molecular weight excluding hydrogens is 259 g/mol. The van der Waals surface area contributed by atoms with Crippen LogP contribution in [-0.2, 0) is 4.74 Å². The van der Waals surface area contributed by atoms with Crippen LogP contribution in [0.3, 0.4) is 0 Å². The first-order valence-corrected chi connectivity index (χ1v) is 6.87. The van der Waals surface area contributed by atoms with Crippen molar-refractivity contribution in [2.24, 2.45) is 5.92 Å². The smallest absolute Gasteiger partial charge is 0.340 e. The Bertz CT molecular complexity index is 461. The Morgan fingerprint density at radius 2 is 2.10 bits per heavy atom. The lowest BCUT2D eigenvalue weighted by Crippen LogP contribution is -2.10. The Kier molecular flexibility index (Phi) is 6.28. The van der Waals surface area contributed by atoms with E-state index in [0.717, 1.165) is 25.3 Å². The van der Waals surface area contributed by atoms with Crippen molar-refractivity contribution in [1.29, 1.82) is 0 Å². The Labute approximate surface area is 119 Å². The van der Waals surface area contributed by atoms with Gasteiger partial charge >= 0.3 is 5.97 Å². The third kappa shape index (κ3) is 4.72. The Balaban J connectivity index is 2.63. The van der Waals surface area contributed by atoms with Crippen molar-refractivity contribution in [1.82, 2.24) is 0 Å². The van der Waals surface area contributed by atoms with Crippen LogP contribution in [0.15, 0.2) is 12.1 Å². The second kappa shape index (κ2) is 7.72. The number of nitrogen functional groups attached to an aromatic ring is 1. The zero-order chi connectivity index (χ0) is 15.1. The van der Waals surface area contributed by atoms with E-state index in [9.17, 15) is 9.18 Å². The summed E-state index contributed by atoms with van der Waals surface area (Å²) in [6.07, 6.45) is 3.19. The standard InChI is InChI=1S/C15H23FN2O2/c1-10(2)6-4-5-7-18-14-8-11(15(19)20-3)13(17)9-12(14)16/h8-10,18H,4-7,17H2,1-3H3. The number of anilines is 2. The van der Waals surface area contributed by atoms with Crippen LogP contribution in [0.5, 0.6) is 0 Å². The summed E-state index contributed by atoms with van der Waals surface area (Å²) in [5.74, 6) is -0.349. The lowest BCUT2D eigenvalue weighted by atomic mass is 10.1. The number of rotatable bonds is 7. The fourth-order valence-corrected chi connectivity index (χ4v) is 1.91. The normalized spacial score (nSPS) is 10.7. The van der Waals surface area contributed by atoms with E-state index in [0.29, 0.717) is 12.5 Å². The molecule has 0 aromatic heterocycles. The summed E-state index contributed by atoms with van der Waals surface area (Å²) in [5.41, 5.74) is 6.15. The van der Waals surface area contributed by atoms with Crippen molar-refractivity contribution in [2.75, 3.05) is 24.7 Å². The van der Waals surface area contributed by atoms with Gasteiger partial charge in [0.1, 0.15) is 5.82 Å². The third-order valence-electron chi connectivity index (χ3n) is 3.07. The lowest BCUT2D eigenvalue weighted by molar-refractivity contribution is 0.0602. The monoisotopic (exact) mass is 282 g/mol. The van der Waals surface area contributed by atoms with E-state index in [1.165, 1.54) is 13.2 Å². The maximum atomic E-state index is 13.7. The number of carbonyl (C=O) groups is 1. The van der Waals surface area contributed by atoms with Crippen LogP contribution in [0.2, 0.25) is 0 Å². The van der Waals surface area contributed by atoms with Gasteiger partial charge in [0, 0.05) is 12.2 Å². The number of hydrogen-bond acceptors (Lipinski definition) is 4. The Hall–Kier alpha value is -1.78. The molecule has 4 nitrogen and oxygen atoms in total. The highest BCUT2D eigenvalue weighted by Gasteiger charge is 2.14. The number of carbonyl (C=O) groups excluding carboxylic acids is 1. The highest BCUT2D eigenvalue weighted by molar-refractivity contribution is 5.96. The molecule has 0 aliphatic rings. The molecule has 0 spiro atoms. The highest BCUT2D eigenvalue weighted by Crippen LogP contribution is 2.23. The van der Waals surface area contributed by atoms with E-state index in [-0.39, 0.29) is 16.9 Å². The van der Waals surface area contributed by atoms with Crippen molar-refractivity contribution < 1.29 is 13.9 Å². The van der Waals surface area contributed by atoms with Crippen LogP contribution < -0.4 is 11.1 Å². The first kappa shape index (κ1) is 16.3. The van der Waals surface area contributed by atoms with E-state index in [4.69, 9.17) is 5.73 Å². The van der Waals surface area contributed by atoms with Crippen LogP contribution in [-0.4, -0.2) is 19.6 Å². The number of unbranched alkanes of at least 4 members (excludes halogenated alkanes) is 1. The highest BCUT2D eigenvalue weighted by atomic mass is 19.1. The zero-order valence-electron chi connectivity index (χ0n) is 12.3. The average Bonchev–Trinajstić information content (AvgIpc) is 2.39. The molecule has 1 rings (SSSR count). The summed E-state index contributed by atoms with van der Waals surface area (Å²) in [6, 6.07) is 2.54. The van der Waals surface area contributed by atoms with E-state index in [1.807, 2.05) is 0 Å². The van der Waals surface area contributed by atoms with Crippen molar-refractivity contribution in [3.05, 3.63) is 23.5 Å². The van der Waals surface area contributed by atoms with Crippen molar-refractivity contribution in [3.63, 3.8) is 0 Å². The van der Waals surface area contributed by atoms with Gasteiger partial charge in [-0.15, -0.1) is 0 Å². The molecule has 0 aliphatic heterocycles. The minimum absolute atomic E-state index is 0.0831. The minimum Gasteiger partial charge on any atom is -0.465 e. The molecule has 3 N–H and O–H groups in total. The van der Waals surface area contributed by atoms with Gasteiger partial charge in [-0.1, -0.05) is 26.7 Å². The molecule has 0 fully saturated rings. The number of ether oxygens (including phenoxy) is 1. The second-order valence-electron chi connectivity index (χ2n) is 5.23. The van der Waals surface area contributed by atoms with Crippen LogP contribution in [0.4, 0.5) is 15.8 Å². The lowest BCUT2D eigenvalue weighted by Gasteiger charge is -2.11. The first-order valence-electron chi connectivity index (χ1n) is 6.87. The van der Waals surface area contributed by atoms with Crippen LogP contribution in [0, 0.1) is 11.7 Å². The summed E-state index contributed by atoms with van der Waals surface area (Å²) < 4.78 is 18.4. The summed E-state index contributed by atoms with van der Waals surface area (Å²) >= 11 is 0. The second-order valence-corrected chi connectivity index (χ2v) is 5.23. The third-order valence-corrected chi connectivity index (χ3v) is 3.07. The Morgan fingerprint density at radius 1 is 1.40 bits per heavy atom. The van der Waals surface area contributed by atoms with E-state index >= 15 is 0 Å². The average molecular weight is 282 g/mol. The maximum Gasteiger partial charge on any atom is 0.340 e. The summed E-state index contributed by atoms with van der Waals surface area (Å²) in [4.78, 5) is 11.5. The molecule has 0 bridgehead atoms. The van der Waals surface area contributed by atoms with E-state index in [1.54, 1.807) is 0 Å². The first-order chi connectivity index (χ1) is 9.45. The van der Waals surface area contributed by atoms with Crippen molar-refractivity contribution in [3.8, 4) is 0 Å². The van der Waals surface area contributed by atoms with Gasteiger partial charge in [-0.3, -0.25) is 0 Å². The van der Waals surface area contributed by atoms with Crippen LogP contribution in [0.1, 0.15) is 43.5 Å². The molecular formula is C15H23FN2O2. The number of esters is 1. The maximum absolute atomic E-state index is 13.7. The van der Waals surface area contributed by atoms with Crippen molar-refractivity contribution >= 4 is 17.3 Å². The molecule has 0 heterocycles. The molecule has 0 amide bonds. The SMILES string of the molecule is COC(=O)c1cc(NCCCCC(C)C)c(F)cc1N. The van der Waals surface area contributed by atoms with E-state index < -0.39 is 11.8 Å². The molecule has 1 aromatic carbocycles. The number of benzene rings is 1. The van der Waals surface area contributed by atoms with Gasteiger partial charge in [0.2, 0.25) is 0 Å². The van der Waals surface area contributed by atoms with Crippen LogP contribution >= 0.6 is 0 Å². The summed E-state index contributed by atoms with van der Waals surface area (Å²) in [6.45, 7) is 5.01. The van der Waals surface area contributed by atoms with Crippen LogP contribution in [0.25, 0.3) is 0 Å². The molecule has 20 heavy (non-hydrogen) atoms. The zero-order valence-corrected chi connectivity index (χ0v) is 12.3. The van der Waals surface area contributed by atoms with E-state index in [2.05, 4.69) is 23.9 Å². The molecule has 5 heteroatoms. The Morgan fingerprint density at radius 3 is 2.70 bits per heavy atom. The largest absolute Gasteiger partial charge is 0.465 e. The number of halogens is 1. The molecule has 1 aromatic rings. The predicted octanol–water partition coefficient (Wildman–Crippen LogP) is 3.43.